The number of azide groups is 1. The lowest BCUT2D eigenvalue weighted by molar-refractivity contribution is -0.120. The van der Waals surface area contributed by atoms with Gasteiger partial charge in [0.05, 0.1) is 7.11 Å². The van der Waals surface area contributed by atoms with Gasteiger partial charge in [-0.1, -0.05) is 22.8 Å². The Kier molecular flexibility index (Phi) is 5.95. The van der Waals surface area contributed by atoms with Gasteiger partial charge in [-0.05, 0) is 17.7 Å². The number of halogens is 1. The Bertz CT molecular complexity index is 502. The summed E-state index contributed by atoms with van der Waals surface area (Å²) in [5.74, 6) is -0.125. The van der Waals surface area contributed by atoms with Gasteiger partial charge in [0.15, 0.2) is 0 Å². The van der Waals surface area contributed by atoms with Crippen molar-refractivity contribution in [2.75, 3.05) is 20.2 Å². The topological polar surface area (TPSA) is 113 Å². The zero-order chi connectivity index (χ0) is 14.3. The summed E-state index contributed by atoms with van der Waals surface area (Å²) in [6.07, 6.45) is 0. The molecule has 0 aliphatic heterocycles. The van der Waals surface area contributed by atoms with Crippen molar-refractivity contribution < 1.29 is 9.53 Å². The van der Waals surface area contributed by atoms with Crippen molar-refractivity contribution in [3.05, 3.63) is 39.2 Å². The van der Waals surface area contributed by atoms with Gasteiger partial charge in [0, 0.05) is 28.6 Å². The number of ether oxygens (including phenoxy) is 1. The summed E-state index contributed by atoms with van der Waals surface area (Å²) < 4.78 is 5.17. The van der Waals surface area contributed by atoms with Crippen LogP contribution in [0.25, 0.3) is 10.4 Å². The number of amides is 1. The lowest BCUT2D eigenvalue weighted by Crippen LogP contribution is -2.35. The number of carbonyl (C=O) groups is 1. The molecule has 0 saturated carbocycles. The summed E-state index contributed by atoms with van der Waals surface area (Å²) in [7, 11) is 1.48. The number of carbonyl (C=O) groups excluding carboxylic acids is 1. The van der Waals surface area contributed by atoms with Gasteiger partial charge in [0.1, 0.15) is 11.8 Å². The number of nitrogens with two attached hydrogens (primary N) is 1. The van der Waals surface area contributed by atoms with Crippen LogP contribution in [0.3, 0.4) is 0 Å². The maximum atomic E-state index is 11.5. The molecule has 19 heavy (non-hydrogen) atoms. The van der Waals surface area contributed by atoms with Gasteiger partial charge in [0.2, 0.25) is 5.91 Å². The Labute approximate surface area is 115 Å². The average Bonchev–Trinajstić information content (AvgIpc) is 2.39. The minimum Gasteiger partial charge on any atom is -0.496 e. The number of hydrogen-bond donors (Lipinski definition) is 2. The average molecular weight is 284 g/mol. The Morgan fingerprint density at radius 3 is 3.00 bits per heavy atom. The maximum absolute atomic E-state index is 11.5. The second-order valence-electron chi connectivity index (χ2n) is 3.60. The van der Waals surface area contributed by atoms with Gasteiger partial charge in [-0.25, -0.2) is 0 Å². The van der Waals surface area contributed by atoms with E-state index in [2.05, 4.69) is 15.3 Å². The van der Waals surface area contributed by atoms with Crippen LogP contribution in [0.15, 0.2) is 23.3 Å². The quantitative estimate of drug-likeness (QED) is 0.344. The number of nitrogens with zero attached hydrogens (tertiary/aromatic N) is 3. The van der Waals surface area contributed by atoms with Crippen LogP contribution in [-0.4, -0.2) is 26.1 Å². The molecular formula is C11H14ClN5O2. The van der Waals surface area contributed by atoms with E-state index >= 15 is 0 Å². The van der Waals surface area contributed by atoms with Crippen molar-refractivity contribution in [2.24, 2.45) is 10.8 Å². The van der Waals surface area contributed by atoms with Gasteiger partial charge < -0.3 is 15.8 Å². The molecule has 8 heteroatoms. The molecule has 0 heterocycles. The van der Waals surface area contributed by atoms with E-state index in [1.807, 2.05) is 0 Å². The Balaban J connectivity index is 2.98. The van der Waals surface area contributed by atoms with E-state index in [0.29, 0.717) is 22.9 Å². The van der Waals surface area contributed by atoms with E-state index in [4.69, 9.17) is 27.6 Å². The molecule has 1 unspecified atom stereocenters. The summed E-state index contributed by atoms with van der Waals surface area (Å²) in [6, 6.07) is 4.23. The molecule has 0 fully saturated rings. The molecule has 1 atom stereocenters. The first-order chi connectivity index (χ1) is 9.11. The molecule has 0 aliphatic rings. The van der Waals surface area contributed by atoms with E-state index in [9.17, 15) is 4.79 Å². The number of primary amides is 1. The number of nitrogens with one attached hydrogen (secondary N) is 1. The van der Waals surface area contributed by atoms with Crippen LogP contribution in [-0.2, 0) is 4.79 Å². The summed E-state index contributed by atoms with van der Waals surface area (Å²) >= 11 is 6.08. The van der Waals surface area contributed by atoms with Gasteiger partial charge in [0.25, 0.3) is 0 Å². The highest BCUT2D eigenvalue weighted by Crippen LogP contribution is 2.31. The number of hydrogen-bond acceptors (Lipinski definition) is 4. The molecule has 0 aliphatic carbocycles. The van der Waals surface area contributed by atoms with Crippen LogP contribution in [0.5, 0.6) is 5.75 Å². The van der Waals surface area contributed by atoms with E-state index in [1.54, 1.807) is 18.2 Å². The van der Waals surface area contributed by atoms with E-state index in [-0.39, 0.29) is 6.54 Å². The predicted molar refractivity (Wildman–Crippen MR) is 72.0 cm³/mol. The zero-order valence-electron chi connectivity index (χ0n) is 10.3. The molecule has 0 radical (unpaired) electrons. The number of benzene rings is 1. The number of rotatable bonds is 7. The third kappa shape index (κ3) is 4.03. The molecule has 1 rings (SSSR count). The lowest BCUT2D eigenvalue weighted by Gasteiger charge is -2.19. The Morgan fingerprint density at radius 2 is 2.42 bits per heavy atom. The standard InChI is InChI=1S/C11H14ClN5O2/c1-19-8-4-2-3-7(12)9(8)10(11(13)18)15-5-6-16-17-14/h2-4,10,15H,5-6H2,1H3,(H2,13,18). The van der Waals surface area contributed by atoms with Crippen molar-refractivity contribution in [1.82, 2.24) is 5.32 Å². The van der Waals surface area contributed by atoms with Gasteiger partial charge >= 0.3 is 0 Å². The molecule has 0 saturated heterocycles. The Morgan fingerprint density at radius 1 is 1.68 bits per heavy atom. The first-order valence-electron chi connectivity index (χ1n) is 5.47. The summed E-state index contributed by atoms with van der Waals surface area (Å²) in [6.45, 7) is 0.499. The minimum atomic E-state index is -0.808. The fourth-order valence-corrected chi connectivity index (χ4v) is 1.90. The highest BCUT2D eigenvalue weighted by Gasteiger charge is 2.23. The molecule has 3 N–H and O–H groups in total. The van der Waals surface area contributed by atoms with Gasteiger partial charge in [-0.3, -0.25) is 4.79 Å². The molecule has 0 aromatic heterocycles. The third-order valence-electron chi connectivity index (χ3n) is 2.43. The molecule has 1 aromatic rings. The third-order valence-corrected chi connectivity index (χ3v) is 2.76. The van der Waals surface area contributed by atoms with E-state index < -0.39 is 11.9 Å². The fourth-order valence-electron chi connectivity index (χ4n) is 1.62. The molecular weight excluding hydrogens is 270 g/mol. The first kappa shape index (κ1) is 15.1. The highest BCUT2D eigenvalue weighted by molar-refractivity contribution is 6.31. The fraction of sp³-hybridized carbons (Fsp3) is 0.364. The Hall–Kier alpha value is -1.95. The molecule has 1 aromatic carbocycles. The number of methoxy groups -OCH3 is 1. The molecule has 102 valence electrons. The second-order valence-corrected chi connectivity index (χ2v) is 4.01. The van der Waals surface area contributed by atoms with Crippen LogP contribution in [0.4, 0.5) is 0 Å². The normalized spacial score (nSPS) is 11.5. The van der Waals surface area contributed by atoms with Crippen molar-refractivity contribution in [1.29, 1.82) is 0 Å². The molecule has 1 amide bonds. The van der Waals surface area contributed by atoms with Crippen molar-refractivity contribution >= 4 is 17.5 Å². The highest BCUT2D eigenvalue weighted by atomic mass is 35.5. The van der Waals surface area contributed by atoms with Crippen molar-refractivity contribution in [3.8, 4) is 5.75 Å². The summed E-state index contributed by atoms with van der Waals surface area (Å²) in [5.41, 5.74) is 14.0. The van der Waals surface area contributed by atoms with Gasteiger partial charge in [-0.2, -0.15) is 0 Å². The lowest BCUT2D eigenvalue weighted by atomic mass is 10.0. The molecule has 0 bridgehead atoms. The maximum Gasteiger partial charge on any atom is 0.239 e. The van der Waals surface area contributed by atoms with Crippen LogP contribution in [0, 0.1) is 0 Å². The monoisotopic (exact) mass is 283 g/mol. The SMILES string of the molecule is COc1cccc(Cl)c1C(NCCN=[N+]=[N-])C(N)=O. The molecule has 7 nitrogen and oxygen atoms in total. The smallest absolute Gasteiger partial charge is 0.239 e. The largest absolute Gasteiger partial charge is 0.496 e. The summed E-state index contributed by atoms with van der Waals surface area (Å²) in [4.78, 5) is 14.1. The predicted octanol–water partition coefficient (Wildman–Crippen LogP) is 1.77. The van der Waals surface area contributed by atoms with Crippen molar-refractivity contribution in [3.63, 3.8) is 0 Å². The van der Waals surface area contributed by atoms with Crippen molar-refractivity contribution in [2.45, 2.75) is 6.04 Å². The minimum absolute atomic E-state index is 0.201. The van der Waals surface area contributed by atoms with Crippen LogP contribution < -0.4 is 15.8 Å². The van der Waals surface area contributed by atoms with Crippen LogP contribution in [0.1, 0.15) is 11.6 Å². The van der Waals surface area contributed by atoms with E-state index in [1.165, 1.54) is 7.11 Å². The molecule has 0 spiro atoms. The summed E-state index contributed by atoms with van der Waals surface area (Å²) in [5, 5.41) is 6.62. The first-order valence-corrected chi connectivity index (χ1v) is 5.85. The van der Waals surface area contributed by atoms with Crippen LogP contribution in [0.2, 0.25) is 5.02 Å². The van der Waals surface area contributed by atoms with E-state index in [0.717, 1.165) is 0 Å². The zero-order valence-corrected chi connectivity index (χ0v) is 11.1. The van der Waals surface area contributed by atoms with Gasteiger partial charge in [-0.15, -0.1) is 0 Å². The van der Waals surface area contributed by atoms with Crippen LogP contribution >= 0.6 is 11.6 Å². The second kappa shape index (κ2) is 7.48.